The fourth-order valence-corrected chi connectivity index (χ4v) is 13.9. The van der Waals surface area contributed by atoms with Gasteiger partial charge < -0.3 is 39.2 Å². The Bertz CT molecular complexity index is 3140. The molecule has 3 N–H and O–H groups in total. The number of hydrogen-bond acceptors (Lipinski definition) is 17. The molecule has 0 bridgehead atoms. The van der Waals surface area contributed by atoms with E-state index in [1.165, 1.54) is 187 Å². The van der Waals surface area contributed by atoms with Crippen molar-refractivity contribution in [2.24, 2.45) is 0 Å². The molecular weight excluding hydrogens is 1330 g/mol. The lowest BCUT2D eigenvalue weighted by atomic mass is 10.1. The molecule has 0 atom stereocenters. The Morgan fingerprint density at radius 2 is 0.495 bits per heavy atom. The van der Waals surface area contributed by atoms with E-state index in [-0.39, 0.29) is 19.1 Å². The summed E-state index contributed by atoms with van der Waals surface area (Å²) in [6, 6.07) is 37.0. The summed E-state index contributed by atoms with van der Waals surface area (Å²) in [5.74, 6) is 1.49. The number of aryl methyl sites for hydroxylation is 8. The maximum Gasteiger partial charge on any atom is 0.128 e. The minimum atomic E-state index is -0.118. The van der Waals surface area contributed by atoms with Gasteiger partial charge in [-0.3, -0.25) is 25.9 Å². The van der Waals surface area contributed by atoms with E-state index in [2.05, 4.69) is 172 Å². The van der Waals surface area contributed by atoms with Gasteiger partial charge in [-0.05, 0) is 275 Å². The number of nitrogens with one attached hydrogen (secondary N) is 3. The quantitative estimate of drug-likeness (QED) is 0.133. The van der Waals surface area contributed by atoms with E-state index in [0.717, 1.165) is 138 Å². The number of anilines is 8. The first kappa shape index (κ1) is 84.1. The Balaban J connectivity index is 0.000000154. The summed E-state index contributed by atoms with van der Waals surface area (Å²) in [5.41, 5.74) is 15.9. The topological polar surface area (TPSA) is 139 Å². The Labute approximate surface area is 642 Å². The highest BCUT2D eigenvalue weighted by molar-refractivity contribution is 5.52. The van der Waals surface area contributed by atoms with Crippen molar-refractivity contribution in [2.45, 2.75) is 178 Å². The average Bonchev–Trinajstić information content (AvgIpc) is 0.846. The molecule has 580 valence electrons. The predicted molar refractivity (Wildman–Crippen MR) is 448 cm³/mol. The first-order valence-electron chi connectivity index (χ1n) is 39.9. The van der Waals surface area contributed by atoms with E-state index in [0.29, 0.717) is 5.56 Å². The van der Waals surface area contributed by atoms with E-state index in [1.807, 2.05) is 89.1 Å². The summed E-state index contributed by atoms with van der Waals surface area (Å²) in [6.07, 6.45) is 35.1. The molecule has 0 radical (unpaired) electrons. The van der Waals surface area contributed by atoms with Gasteiger partial charge in [0.15, 0.2) is 0 Å². The van der Waals surface area contributed by atoms with Crippen LogP contribution in [-0.4, -0.2) is 155 Å². The second-order valence-electron chi connectivity index (χ2n) is 29.4. The van der Waals surface area contributed by atoms with Crippen LogP contribution in [0.25, 0.3) is 0 Å². The molecule has 4 aromatic heterocycles. The number of aromatic nitrogens is 6. The van der Waals surface area contributed by atoms with Crippen molar-refractivity contribution in [1.82, 2.24) is 45.9 Å². The van der Waals surface area contributed by atoms with Gasteiger partial charge in [0.1, 0.15) is 23.3 Å². The van der Waals surface area contributed by atoms with Gasteiger partial charge in [-0.2, -0.15) is 0 Å². The van der Waals surface area contributed by atoms with Crippen LogP contribution in [0.5, 0.6) is 0 Å². The third-order valence-electron chi connectivity index (χ3n) is 20.7. The Morgan fingerprint density at radius 3 is 0.804 bits per heavy atom. The first-order valence-corrected chi connectivity index (χ1v) is 39.9. The number of hydrogen-bond donors (Lipinski definition) is 3. The molecule has 0 amide bonds. The average molecular weight is 1460 g/mol. The molecule has 0 saturated carbocycles. The maximum absolute atomic E-state index is 13.3. The minimum Gasteiger partial charge on any atom is -0.372 e. The Kier molecular flexibility index (Phi) is 36.7. The third kappa shape index (κ3) is 29.5. The van der Waals surface area contributed by atoms with Crippen LogP contribution in [0.2, 0.25) is 0 Å². The SMILES string of the molecule is C.Cc1ccc(N2CCCCC2)cc1.Cc1ccc(N2CCCCC2)cc1F.Cc1ccc(N2CCCCC2)cn1.Cc1ccc(N2CCCNC2)cc1.Cc1ccc(N2CCCNC2)cc1F.Cc1ccc(N2CCCNC2)cn1.Cc1ncc(N2CCCCC2)cn1.Cc1ncc(N2CCCCC2)cn1. The number of nitrogens with zero attached hydrogens (tertiary/aromatic N) is 14. The molecule has 12 heterocycles. The zero-order valence-corrected chi connectivity index (χ0v) is 65.5. The molecule has 19 heteroatoms. The standard InChI is InChI=1S/C12H16FN.C12H17N.C11H15FN2.2C11H16N2.3C10H15N3.CH4/c1-10-5-6-11(9-12(10)13)14-7-3-2-4-8-14;1-11-5-7-12(8-6-11)13-9-3-2-4-10-13;1-9-3-4-10(7-11(9)12)14-6-2-5-13-8-14;1-10-3-5-11(6-4-10)13-8-2-7-12-9-13;1-10-5-6-11(9-12-10)13-7-3-2-4-8-13;1-9-3-4-10(7-12-9)13-6-2-5-11-8-13;2*1-9-11-7-10(8-12-9)13-5-3-2-4-6-13;/h5-6,9H,2-4,7-8H2,1H3;5-8H,2-4,9-10H2,1H3;3-4,7,13H,2,5-6,8H2,1H3;3-6,12H,2,7-9H2,1H3;5-6,9H,2-4,7-8H2,1H3;3-4,7,11H,2,5-6,8H2,1H3;2*7-8H,2-6H2,1H3;1H4. The zero-order valence-electron chi connectivity index (χ0n) is 65.5. The van der Waals surface area contributed by atoms with Gasteiger partial charge in [-0.15, -0.1) is 0 Å². The fourth-order valence-electron chi connectivity index (χ4n) is 13.9. The van der Waals surface area contributed by atoms with E-state index in [4.69, 9.17) is 0 Å². The number of rotatable bonds is 8. The molecule has 8 aromatic rings. The summed E-state index contributed by atoms with van der Waals surface area (Å²) < 4.78 is 26.6. The van der Waals surface area contributed by atoms with E-state index < -0.39 is 0 Å². The summed E-state index contributed by atoms with van der Waals surface area (Å²) in [5, 5.41) is 9.99. The lowest BCUT2D eigenvalue weighted by Crippen LogP contribution is -2.41. The molecular formula is C88H129F2N17. The molecule has 107 heavy (non-hydrogen) atoms. The highest BCUT2D eigenvalue weighted by Gasteiger charge is 2.18. The van der Waals surface area contributed by atoms with Gasteiger partial charge in [0.25, 0.3) is 0 Å². The normalized spacial score (nSPS) is 17.2. The molecule has 8 fully saturated rings. The fraction of sp³-hybridized carbons (Fsp3) is 0.523. The van der Waals surface area contributed by atoms with Gasteiger partial charge >= 0.3 is 0 Å². The number of piperidine rings is 5. The van der Waals surface area contributed by atoms with E-state index in [9.17, 15) is 8.78 Å². The van der Waals surface area contributed by atoms with Gasteiger partial charge in [-0.1, -0.05) is 55.0 Å². The van der Waals surface area contributed by atoms with E-state index >= 15 is 0 Å². The van der Waals surface area contributed by atoms with Gasteiger partial charge in [0.05, 0.1) is 79.9 Å². The molecule has 0 unspecified atom stereocenters. The second-order valence-corrected chi connectivity index (χ2v) is 29.4. The van der Waals surface area contributed by atoms with Crippen molar-refractivity contribution in [3.63, 3.8) is 0 Å². The molecule has 8 saturated heterocycles. The van der Waals surface area contributed by atoms with E-state index in [1.54, 1.807) is 26.0 Å². The smallest absolute Gasteiger partial charge is 0.128 e. The zero-order chi connectivity index (χ0) is 74.5. The predicted octanol–water partition coefficient (Wildman–Crippen LogP) is 17.5. The van der Waals surface area contributed by atoms with Crippen LogP contribution in [-0.2, 0) is 0 Å². The Hall–Kier alpha value is -8.52. The van der Waals surface area contributed by atoms with Crippen molar-refractivity contribution in [3.05, 3.63) is 203 Å². The van der Waals surface area contributed by atoms with Gasteiger partial charge in [0, 0.05) is 119 Å². The van der Waals surface area contributed by atoms with Crippen LogP contribution < -0.4 is 55.1 Å². The lowest BCUT2D eigenvalue weighted by Gasteiger charge is -2.29. The summed E-state index contributed by atoms with van der Waals surface area (Å²) in [4.78, 5) is 44.2. The Morgan fingerprint density at radius 1 is 0.252 bits per heavy atom. The largest absolute Gasteiger partial charge is 0.372 e. The molecule has 0 aliphatic carbocycles. The van der Waals surface area contributed by atoms with Crippen LogP contribution >= 0.6 is 0 Å². The third-order valence-corrected chi connectivity index (χ3v) is 20.7. The van der Waals surface area contributed by atoms with Gasteiger partial charge in [0.2, 0.25) is 0 Å². The lowest BCUT2D eigenvalue weighted by molar-refractivity contribution is 0.550. The van der Waals surface area contributed by atoms with Crippen LogP contribution in [0.15, 0.2) is 146 Å². The summed E-state index contributed by atoms with van der Waals surface area (Å²) in [6.45, 7) is 36.8. The summed E-state index contributed by atoms with van der Waals surface area (Å²) >= 11 is 0. The molecule has 8 aliphatic heterocycles. The number of pyridine rings is 2. The van der Waals surface area contributed by atoms with Crippen molar-refractivity contribution in [3.8, 4) is 0 Å². The van der Waals surface area contributed by atoms with Crippen molar-refractivity contribution in [2.75, 3.05) is 164 Å². The molecule has 4 aromatic carbocycles. The molecule has 8 aliphatic rings. The van der Waals surface area contributed by atoms with Crippen molar-refractivity contribution >= 4 is 45.5 Å². The summed E-state index contributed by atoms with van der Waals surface area (Å²) in [7, 11) is 0. The molecule has 0 spiro atoms. The van der Waals surface area contributed by atoms with Crippen LogP contribution in [0.1, 0.15) is 168 Å². The van der Waals surface area contributed by atoms with Crippen LogP contribution in [0.3, 0.4) is 0 Å². The van der Waals surface area contributed by atoms with Crippen molar-refractivity contribution < 1.29 is 8.78 Å². The van der Waals surface area contributed by atoms with Crippen LogP contribution in [0, 0.1) is 67.0 Å². The van der Waals surface area contributed by atoms with Crippen molar-refractivity contribution in [1.29, 1.82) is 0 Å². The van der Waals surface area contributed by atoms with Gasteiger partial charge in [-0.25, -0.2) is 28.7 Å². The molecule has 16 rings (SSSR count). The minimum absolute atomic E-state index is 0. The maximum atomic E-state index is 13.3. The highest BCUT2D eigenvalue weighted by atomic mass is 19.1. The first-order chi connectivity index (χ1) is 51.7. The highest BCUT2D eigenvalue weighted by Crippen LogP contribution is 2.26. The monoisotopic (exact) mass is 1460 g/mol. The van der Waals surface area contributed by atoms with Crippen LogP contribution in [0.4, 0.5) is 54.3 Å². The second kappa shape index (κ2) is 46.6. The number of halogens is 2. The number of benzene rings is 4. The molecule has 17 nitrogen and oxygen atoms in total.